The second-order valence-electron chi connectivity index (χ2n) is 6.89. The lowest BCUT2D eigenvalue weighted by molar-refractivity contribution is -0.129. The molecule has 1 aliphatic heterocycles. The van der Waals surface area contributed by atoms with Crippen LogP contribution in [0.25, 0.3) is 0 Å². The van der Waals surface area contributed by atoms with Gasteiger partial charge in [-0.15, -0.1) is 0 Å². The second kappa shape index (κ2) is 11.4. The summed E-state index contributed by atoms with van der Waals surface area (Å²) in [5.41, 5.74) is 0.784. The van der Waals surface area contributed by atoms with Gasteiger partial charge in [0, 0.05) is 19.0 Å². The van der Waals surface area contributed by atoms with Crippen molar-refractivity contribution >= 4 is 17.6 Å². The van der Waals surface area contributed by atoms with Crippen LogP contribution in [-0.2, 0) is 14.3 Å². The molecule has 164 valence electrons. The molecule has 0 unspecified atom stereocenters. The number of hydrogen-bond donors (Lipinski definition) is 5. The quantitative estimate of drug-likeness (QED) is 0.186. The number of unbranched alkanes of at least 4 members (excludes halogenated alkanes) is 3. The van der Waals surface area contributed by atoms with Crippen LogP contribution in [0, 0.1) is 17.2 Å². The zero-order valence-corrected chi connectivity index (χ0v) is 16.2. The molecule has 30 heavy (non-hydrogen) atoms. The number of nitrogens with zero attached hydrogens (tertiary/aromatic N) is 3. The lowest BCUT2D eigenvalue weighted by Gasteiger charge is -2.16. The molecule has 0 aliphatic carbocycles. The monoisotopic (exact) mass is 423 g/mol. The van der Waals surface area contributed by atoms with Crippen LogP contribution in [0.3, 0.4) is 0 Å². The van der Waals surface area contributed by atoms with Gasteiger partial charge in [0.25, 0.3) is 0 Å². The Hall–Kier alpha value is -2.85. The Morgan fingerprint density at radius 2 is 1.90 bits per heavy atom. The molecule has 0 saturated carbocycles. The lowest BCUT2D eigenvalue weighted by Crippen LogP contribution is -2.32. The van der Waals surface area contributed by atoms with Gasteiger partial charge in [-0.1, -0.05) is 12.8 Å². The Bertz CT molecular complexity index is 837. The van der Waals surface area contributed by atoms with Gasteiger partial charge in [-0.05, 0) is 18.9 Å². The Morgan fingerprint density at radius 1 is 1.23 bits per heavy atom. The molecular weight excluding hydrogens is 398 g/mol. The van der Waals surface area contributed by atoms with Crippen molar-refractivity contribution in [3.63, 3.8) is 0 Å². The maximum absolute atomic E-state index is 12.3. The van der Waals surface area contributed by atoms with Gasteiger partial charge in [0.15, 0.2) is 6.23 Å². The third kappa shape index (κ3) is 6.07. The van der Waals surface area contributed by atoms with Crippen LogP contribution in [0.15, 0.2) is 17.1 Å². The predicted octanol–water partition coefficient (Wildman–Crippen LogP) is -0.582. The highest BCUT2D eigenvalue weighted by Crippen LogP contribution is 2.33. The number of hydrogen-bond acceptors (Lipinski definition) is 9. The number of hydroxylamine groups is 1. The molecule has 2 rings (SSSR count). The van der Waals surface area contributed by atoms with Gasteiger partial charge in [0.2, 0.25) is 11.8 Å². The predicted molar refractivity (Wildman–Crippen MR) is 101 cm³/mol. The highest BCUT2D eigenvalue weighted by Gasteiger charge is 2.45. The Balaban J connectivity index is 1.85. The van der Waals surface area contributed by atoms with Gasteiger partial charge in [-0.3, -0.25) is 19.4 Å². The van der Waals surface area contributed by atoms with Gasteiger partial charge in [-0.2, -0.15) is 10.2 Å². The third-order valence-electron chi connectivity index (χ3n) is 4.75. The number of ether oxygens (including phenoxy) is 1. The SMILES string of the molecule is N#C[C@H]1[C@H](O)[C@@H](CO)O[C@H]1n1ccc(NC(=O)CCCCCCC(=O)NO)nc1=O. The summed E-state index contributed by atoms with van der Waals surface area (Å²) in [6.45, 7) is -0.499. The highest BCUT2D eigenvalue weighted by molar-refractivity contribution is 5.89. The molecule has 1 fully saturated rings. The van der Waals surface area contributed by atoms with Crippen molar-refractivity contribution in [2.45, 2.75) is 57.0 Å². The van der Waals surface area contributed by atoms with E-state index < -0.39 is 42.6 Å². The molecule has 0 bridgehead atoms. The summed E-state index contributed by atoms with van der Waals surface area (Å²) in [7, 11) is 0. The maximum Gasteiger partial charge on any atom is 0.351 e. The van der Waals surface area contributed by atoms with Crippen molar-refractivity contribution in [2.24, 2.45) is 5.92 Å². The summed E-state index contributed by atoms with van der Waals surface area (Å²) >= 11 is 0. The van der Waals surface area contributed by atoms with E-state index in [0.29, 0.717) is 12.8 Å². The number of carbonyl (C=O) groups excluding carboxylic acids is 2. The first-order valence-corrected chi connectivity index (χ1v) is 9.57. The largest absolute Gasteiger partial charge is 0.394 e. The van der Waals surface area contributed by atoms with Gasteiger partial charge in [0.05, 0.1) is 12.7 Å². The molecule has 1 saturated heterocycles. The summed E-state index contributed by atoms with van der Waals surface area (Å²) in [5, 5.41) is 39.3. The number of rotatable bonds is 10. The van der Waals surface area contributed by atoms with E-state index in [1.807, 2.05) is 6.07 Å². The van der Waals surface area contributed by atoms with Crippen molar-refractivity contribution in [1.82, 2.24) is 15.0 Å². The van der Waals surface area contributed by atoms with Crippen LogP contribution in [0.2, 0.25) is 0 Å². The second-order valence-corrected chi connectivity index (χ2v) is 6.89. The minimum absolute atomic E-state index is 0.0478. The lowest BCUT2D eigenvalue weighted by atomic mass is 10.0. The van der Waals surface area contributed by atoms with Gasteiger partial charge in [0.1, 0.15) is 23.9 Å². The molecule has 0 radical (unpaired) electrons. The minimum Gasteiger partial charge on any atom is -0.394 e. The van der Waals surface area contributed by atoms with Gasteiger partial charge >= 0.3 is 5.69 Å². The van der Waals surface area contributed by atoms with Crippen molar-refractivity contribution in [1.29, 1.82) is 5.26 Å². The van der Waals surface area contributed by atoms with E-state index in [4.69, 9.17) is 9.94 Å². The van der Waals surface area contributed by atoms with Crippen molar-refractivity contribution < 1.29 is 29.7 Å². The first kappa shape index (κ1) is 23.4. The first-order chi connectivity index (χ1) is 14.4. The number of nitriles is 1. The topological polar surface area (TPSA) is 187 Å². The number of amides is 2. The fourth-order valence-electron chi connectivity index (χ4n) is 3.14. The molecule has 1 aliphatic rings. The standard InChI is InChI=1S/C18H25N5O7/c19-9-11-16(27)12(10-24)30-17(11)23-8-7-13(21-18(23)28)20-14(25)5-3-1-2-4-6-15(26)22-29/h7-8,11-12,16-17,24,27,29H,1-6,10H2,(H,22,26)(H,20,21,25,28)/t11-,12+,16-,17+/m0/s1. The zero-order valence-electron chi connectivity index (χ0n) is 16.2. The average Bonchev–Trinajstić information content (AvgIpc) is 3.05. The van der Waals surface area contributed by atoms with Crippen molar-refractivity contribution in [3.8, 4) is 6.07 Å². The molecule has 0 aromatic carbocycles. The molecule has 4 atom stereocenters. The first-order valence-electron chi connectivity index (χ1n) is 9.57. The summed E-state index contributed by atoms with van der Waals surface area (Å²) in [6.07, 6.45) is 1.06. The van der Waals surface area contributed by atoms with Gasteiger partial charge < -0.3 is 20.3 Å². The van der Waals surface area contributed by atoms with Crippen molar-refractivity contribution in [2.75, 3.05) is 11.9 Å². The fraction of sp³-hybridized carbons (Fsp3) is 0.611. The fourth-order valence-corrected chi connectivity index (χ4v) is 3.14. The number of nitrogens with one attached hydrogen (secondary N) is 2. The Morgan fingerprint density at radius 3 is 2.47 bits per heavy atom. The van der Waals surface area contributed by atoms with Crippen LogP contribution in [0.5, 0.6) is 0 Å². The van der Waals surface area contributed by atoms with Crippen LogP contribution < -0.4 is 16.5 Å². The van der Waals surface area contributed by atoms with E-state index in [-0.39, 0.29) is 24.6 Å². The van der Waals surface area contributed by atoms with E-state index in [0.717, 1.165) is 17.4 Å². The van der Waals surface area contributed by atoms with E-state index in [1.165, 1.54) is 12.3 Å². The Kier molecular flexibility index (Phi) is 8.88. The summed E-state index contributed by atoms with van der Waals surface area (Å²) in [4.78, 5) is 38.9. The smallest absolute Gasteiger partial charge is 0.351 e. The van der Waals surface area contributed by atoms with E-state index in [9.17, 15) is 29.9 Å². The summed E-state index contributed by atoms with van der Waals surface area (Å²) in [6, 6.07) is 3.25. The number of aliphatic hydroxyl groups is 2. The Labute approximate surface area is 172 Å². The molecule has 2 amide bonds. The number of aromatic nitrogens is 2. The molecule has 0 spiro atoms. The van der Waals surface area contributed by atoms with Gasteiger partial charge in [-0.25, -0.2) is 10.3 Å². The molecule has 1 aromatic heterocycles. The summed E-state index contributed by atoms with van der Waals surface area (Å²) < 4.78 is 6.43. The molecule has 12 nitrogen and oxygen atoms in total. The third-order valence-corrected chi connectivity index (χ3v) is 4.75. The summed E-state index contributed by atoms with van der Waals surface area (Å²) in [5.74, 6) is -1.77. The number of aliphatic hydroxyl groups excluding tert-OH is 2. The molecular formula is C18H25N5O7. The van der Waals surface area contributed by atoms with E-state index in [1.54, 1.807) is 5.48 Å². The highest BCUT2D eigenvalue weighted by atomic mass is 16.5. The van der Waals surface area contributed by atoms with Crippen LogP contribution in [0.4, 0.5) is 5.82 Å². The van der Waals surface area contributed by atoms with E-state index in [2.05, 4.69) is 10.3 Å². The van der Waals surface area contributed by atoms with Crippen LogP contribution in [-0.4, -0.2) is 55.6 Å². The average molecular weight is 423 g/mol. The molecule has 12 heteroatoms. The zero-order chi connectivity index (χ0) is 22.1. The minimum atomic E-state index is -1.24. The van der Waals surface area contributed by atoms with Crippen LogP contribution in [0.1, 0.15) is 44.8 Å². The van der Waals surface area contributed by atoms with Crippen molar-refractivity contribution in [3.05, 3.63) is 22.7 Å². The molecule has 2 heterocycles. The van der Waals surface area contributed by atoms with E-state index >= 15 is 0 Å². The number of carbonyl (C=O) groups is 2. The maximum atomic E-state index is 12.3. The molecule has 1 aromatic rings. The normalized spacial score (nSPS) is 23.0. The molecule has 5 N–H and O–H groups in total. The van der Waals surface area contributed by atoms with Crippen LogP contribution >= 0.6 is 0 Å². The number of anilines is 1.